The Kier molecular flexibility index (Phi) is 3.83. The van der Waals surface area contributed by atoms with Crippen molar-refractivity contribution in [3.63, 3.8) is 0 Å². The first kappa shape index (κ1) is 11.7. The van der Waals surface area contributed by atoms with E-state index in [1.165, 1.54) is 11.3 Å². The third-order valence-electron chi connectivity index (χ3n) is 2.81. The molecule has 1 aromatic carbocycles. The minimum atomic E-state index is 0.841. The van der Waals surface area contributed by atoms with Gasteiger partial charge in [-0.05, 0) is 25.2 Å². The molecule has 2 aromatic rings. The molecule has 0 unspecified atom stereocenters. The fourth-order valence-corrected chi connectivity index (χ4v) is 1.96. The van der Waals surface area contributed by atoms with E-state index in [9.17, 15) is 0 Å². The summed E-state index contributed by atoms with van der Waals surface area (Å²) in [6, 6.07) is 12.3. The van der Waals surface area contributed by atoms with Gasteiger partial charge >= 0.3 is 0 Å². The lowest BCUT2D eigenvalue weighted by Gasteiger charge is -2.12. The molecule has 0 fully saturated rings. The van der Waals surface area contributed by atoms with Gasteiger partial charge in [0.25, 0.3) is 0 Å². The summed E-state index contributed by atoms with van der Waals surface area (Å²) in [5.74, 6) is 0.941. The second kappa shape index (κ2) is 5.55. The maximum absolute atomic E-state index is 5.36. The van der Waals surface area contributed by atoms with Gasteiger partial charge < -0.3 is 14.6 Å². The molecule has 0 aliphatic carbocycles. The highest BCUT2D eigenvalue weighted by Gasteiger charge is 2.05. The SMILES string of the molecule is CNCc1cccn1Cc1ccccc1OC. The quantitative estimate of drug-likeness (QED) is 0.852. The fraction of sp³-hybridized carbons (Fsp3) is 0.286. The van der Waals surface area contributed by atoms with Gasteiger partial charge in [0.2, 0.25) is 0 Å². The zero-order chi connectivity index (χ0) is 12.1. The van der Waals surface area contributed by atoms with Crippen LogP contribution in [0.25, 0.3) is 0 Å². The molecule has 1 N–H and O–H groups in total. The van der Waals surface area contributed by atoms with Gasteiger partial charge in [-0.15, -0.1) is 0 Å². The van der Waals surface area contributed by atoms with Crippen LogP contribution in [0.15, 0.2) is 42.6 Å². The number of ether oxygens (including phenoxy) is 1. The van der Waals surface area contributed by atoms with Crippen molar-refractivity contribution >= 4 is 0 Å². The van der Waals surface area contributed by atoms with E-state index < -0.39 is 0 Å². The molecule has 3 nitrogen and oxygen atoms in total. The maximum Gasteiger partial charge on any atom is 0.123 e. The largest absolute Gasteiger partial charge is 0.496 e. The van der Waals surface area contributed by atoms with Crippen LogP contribution in [0.5, 0.6) is 5.75 Å². The van der Waals surface area contributed by atoms with Crippen LogP contribution in [-0.4, -0.2) is 18.7 Å². The average molecular weight is 230 g/mol. The Morgan fingerprint density at radius 3 is 2.76 bits per heavy atom. The van der Waals surface area contributed by atoms with Gasteiger partial charge in [-0.1, -0.05) is 18.2 Å². The molecule has 2 rings (SSSR count). The molecule has 0 spiro atoms. The monoisotopic (exact) mass is 230 g/mol. The van der Waals surface area contributed by atoms with E-state index in [4.69, 9.17) is 4.74 Å². The van der Waals surface area contributed by atoms with Crippen molar-refractivity contribution in [2.45, 2.75) is 13.1 Å². The van der Waals surface area contributed by atoms with E-state index in [0.717, 1.165) is 18.8 Å². The van der Waals surface area contributed by atoms with E-state index in [1.807, 2.05) is 25.2 Å². The van der Waals surface area contributed by atoms with Crippen LogP contribution >= 0.6 is 0 Å². The van der Waals surface area contributed by atoms with E-state index in [-0.39, 0.29) is 0 Å². The minimum Gasteiger partial charge on any atom is -0.496 e. The van der Waals surface area contributed by atoms with Gasteiger partial charge in [0, 0.05) is 24.0 Å². The highest BCUT2D eigenvalue weighted by atomic mass is 16.5. The predicted octanol–water partition coefficient (Wildman–Crippen LogP) is 2.26. The smallest absolute Gasteiger partial charge is 0.123 e. The molecular weight excluding hydrogens is 212 g/mol. The highest BCUT2D eigenvalue weighted by molar-refractivity contribution is 5.33. The molecule has 3 heteroatoms. The van der Waals surface area contributed by atoms with E-state index >= 15 is 0 Å². The molecule has 0 saturated carbocycles. The normalized spacial score (nSPS) is 10.5. The van der Waals surface area contributed by atoms with Crippen LogP contribution in [0.2, 0.25) is 0 Å². The molecule has 0 bridgehead atoms. The summed E-state index contributed by atoms with van der Waals surface area (Å²) in [6.45, 7) is 1.72. The third kappa shape index (κ3) is 2.68. The van der Waals surface area contributed by atoms with Crippen LogP contribution in [0.1, 0.15) is 11.3 Å². The molecule has 0 aliphatic rings. The Hall–Kier alpha value is -1.74. The number of methoxy groups -OCH3 is 1. The van der Waals surface area contributed by atoms with Gasteiger partial charge in [-0.25, -0.2) is 0 Å². The van der Waals surface area contributed by atoms with Gasteiger partial charge in [0.15, 0.2) is 0 Å². The van der Waals surface area contributed by atoms with Crippen molar-refractivity contribution in [1.82, 2.24) is 9.88 Å². The molecule has 1 aromatic heterocycles. The number of hydrogen-bond acceptors (Lipinski definition) is 2. The Balaban J connectivity index is 2.22. The summed E-state index contributed by atoms with van der Waals surface area (Å²) < 4.78 is 7.60. The standard InChI is InChI=1S/C14H18N2O/c1-15-10-13-7-5-9-16(13)11-12-6-3-4-8-14(12)17-2/h3-9,15H,10-11H2,1-2H3. The average Bonchev–Trinajstić information content (AvgIpc) is 2.78. The lowest BCUT2D eigenvalue weighted by Crippen LogP contribution is -2.11. The van der Waals surface area contributed by atoms with Crippen molar-refractivity contribution in [3.8, 4) is 5.75 Å². The molecule has 0 atom stereocenters. The molecule has 0 amide bonds. The number of para-hydroxylation sites is 1. The summed E-state index contributed by atoms with van der Waals surface area (Å²) in [5, 5.41) is 3.17. The number of benzene rings is 1. The summed E-state index contributed by atoms with van der Waals surface area (Å²) in [7, 11) is 3.67. The van der Waals surface area contributed by atoms with Gasteiger partial charge in [-0.2, -0.15) is 0 Å². The topological polar surface area (TPSA) is 26.2 Å². The Labute approximate surface area is 102 Å². The second-order valence-corrected chi connectivity index (χ2v) is 3.97. The van der Waals surface area contributed by atoms with Crippen molar-refractivity contribution < 1.29 is 4.74 Å². The lowest BCUT2D eigenvalue weighted by molar-refractivity contribution is 0.408. The van der Waals surface area contributed by atoms with Crippen LogP contribution in [-0.2, 0) is 13.1 Å². The first-order chi connectivity index (χ1) is 8.35. The van der Waals surface area contributed by atoms with Gasteiger partial charge in [-0.3, -0.25) is 0 Å². The number of aromatic nitrogens is 1. The molecular formula is C14H18N2O. The van der Waals surface area contributed by atoms with Crippen molar-refractivity contribution in [1.29, 1.82) is 0 Å². The van der Waals surface area contributed by atoms with Crippen LogP contribution < -0.4 is 10.1 Å². The first-order valence-corrected chi connectivity index (χ1v) is 5.75. The second-order valence-electron chi connectivity index (χ2n) is 3.97. The maximum atomic E-state index is 5.36. The van der Waals surface area contributed by atoms with E-state index in [0.29, 0.717) is 0 Å². The van der Waals surface area contributed by atoms with Gasteiger partial charge in [0.05, 0.1) is 13.7 Å². The fourth-order valence-electron chi connectivity index (χ4n) is 1.96. The molecule has 90 valence electrons. The zero-order valence-electron chi connectivity index (χ0n) is 10.3. The molecule has 0 aliphatic heterocycles. The molecule has 0 saturated heterocycles. The summed E-state index contributed by atoms with van der Waals surface area (Å²) in [5.41, 5.74) is 2.47. The Morgan fingerprint density at radius 2 is 2.00 bits per heavy atom. The van der Waals surface area contributed by atoms with Crippen LogP contribution in [0.3, 0.4) is 0 Å². The molecule has 17 heavy (non-hydrogen) atoms. The van der Waals surface area contributed by atoms with Crippen molar-refractivity contribution in [2.75, 3.05) is 14.2 Å². The number of hydrogen-bond donors (Lipinski definition) is 1. The number of rotatable bonds is 5. The van der Waals surface area contributed by atoms with Gasteiger partial charge in [0.1, 0.15) is 5.75 Å². The number of nitrogens with one attached hydrogen (secondary N) is 1. The van der Waals surface area contributed by atoms with E-state index in [2.05, 4.69) is 34.3 Å². The van der Waals surface area contributed by atoms with E-state index in [1.54, 1.807) is 7.11 Å². The van der Waals surface area contributed by atoms with Crippen LogP contribution in [0, 0.1) is 0 Å². The highest BCUT2D eigenvalue weighted by Crippen LogP contribution is 2.19. The lowest BCUT2D eigenvalue weighted by atomic mass is 10.2. The Morgan fingerprint density at radius 1 is 1.18 bits per heavy atom. The Bertz CT molecular complexity index is 477. The molecule has 0 radical (unpaired) electrons. The summed E-state index contributed by atoms with van der Waals surface area (Å²) in [6.07, 6.45) is 2.10. The summed E-state index contributed by atoms with van der Waals surface area (Å²) in [4.78, 5) is 0. The molecule has 1 heterocycles. The predicted molar refractivity (Wildman–Crippen MR) is 69.3 cm³/mol. The summed E-state index contributed by atoms with van der Waals surface area (Å²) >= 11 is 0. The van der Waals surface area contributed by atoms with Crippen molar-refractivity contribution in [3.05, 3.63) is 53.9 Å². The first-order valence-electron chi connectivity index (χ1n) is 5.75. The third-order valence-corrected chi connectivity index (χ3v) is 2.81. The number of nitrogens with zero attached hydrogens (tertiary/aromatic N) is 1. The zero-order valence-corrected chi connectivity index (χ0v) is 10.3. The van der Waals surface area contributed by atoms with Crippen LogP contribution in [0.4, 0.5) is 0 Å². The minimum absolute atomic E-state index is 0.841. The van der Waals surface area contributed by atoms with Crippen molar-refractivity contribution in [2.24, 2.45) is 0 Å².